The number of anilines is 3. The SMILES string of the molecule is CC1(C)C2=C(CCCC2)c2c(-c3ccc(N(c4ccccc4)c4ccc5c(c4)c4ccccc4n5-c4ccccc4)c4ccccc34)cccc21. The number of fused-ring (bicyclic) bond motifs is 6. The average molecular weight is 657 g/mol. The normalized spacial score (nSPS) is 15.0. The number of para-hydroxylation sites is 3. The predicted octanol–water partition coefficient (Wildman–Crippen LogP) is 13.7. The van der Waals surface area contributed by atoms with Crippen LogP contribution in [-0.2, 0) is 5.41 Å². The Morgan fingerprint density at radius 1 is 0.510 bits per heavy atom. The number of hydrogen-bond donors (Lipinski definition) is 0. The molecule has 0 bridgehead atoms. The van der Waals surface area contributed by atoms with Gasteiger partial charge in [0.1, 0.15) is 0 Å². The van der Waals surface area contributed by atoms with Gasteiger partial charge in [0.05, 0.1) is 16.7 Å². The van der Waals surface area contributed by atoms with E-state index in [2.05, 4.69) is 181 Å². The van der Waals surface area contributed by atoms with Crippen LogP contribution in [0.4, 0.5) is 17.1 Å². The Bertz CT molecular complexity index is 2660. The summed E-state index contributed by atoms with van der Waals surface area (Å²) in [6, 6.07) is 58.1. The van der Waals surface area contributed by atoms with E-state index in [1.54, 1.807) is 11.1 Å². The third-order valence-electron chi connectivity index (χ3n) is 11.6. The second kappa shape index (κ2) is 11.6. The molecule has 2 aliphatic rings. The molecular formula is C49H40N2. The number of rotatable bonds is 5. The summed E-state index contributed by atoms with van der Waals surface area (Å²) in [6.07, 6.45) is 4.99. The van der Waals surface area contributed by atoms with Gasteiger partial charge in [-0.05, 0) is 113 Å². The monoisotopic (exact) mass is 656 g/mol. The summed E-state index contributed by atoms with van der Waals surface area (Å²) in [5.74, 6) is 0. The Labute approximate surface area is 299 Å². The van der Waals surface area contributed by atoms with Crippen molar-refractivity contribution in [3.63, 3.8) is 0 Å². The lowest BCUT2D eigenvalue weighted by Crippen LogP contribution is -2.18. The number of nitrogens with zero attached hydrogens (tertiary/aromatic N) is 2. The van der Waals surface area contributed by atoms with Crippen LogP contribution in [0.25, 0.3) is 55.0 Å². The summed E-state index contributed by atoms with van der Waals surface area (Å²) in [5.41, 5.74) is 16.1. The quantitative estimate of drug-likeness (QED) is 0.179. The summed E-state index contributed by atoms with van der Waals surface area (Å²) >= 11 is 0. The minimum atomic E-state index is 0.0865. The first-order valence-electron chi connectivity index (χ1n) is 18.4. The molecule has 1 aromatic heterocycles. The highest BCUT2D eigenvalue weighted by Crippen LogP contribution is 2.55. The zero-order chi connectivity index (χ0) is 34.1. The Balaban J connectivity index is 1.19. The van der Waals surface area contributed by atoms with Gasteiger partial charge in [-0.1, -0.05) is 123 Å². The van der Waals surface area contributed by atoms with Gasteiger partial charge >= 0.3 is 0 Å². The van der Waals surface area contributed by atoms with Crippen molar-refractivity contribution in [1.29, 1.82) is 0 Å². The van der Waals surface area contributed by atoms with Crippen LogP contribution in [0.2, 0.25) is 0 Å². The number of allylic oxidation sites excluding steroid dienone is 2. The molecule has 246 valence electrons. The maximum absolute atomic E-state index is 2.44. The Morgan fingerprint density at radius 3 is 2.02 bits per heavy atom. The molecule has 2 aliphatic carbocycles. The lowest BCUT2D eigenvalue weighted by molar-refractivity contribution is 0.574. The molecule has 2 heteroatoms. The topological polar surface area (TPSA) is 8.17 Å². The minimum Gasteiger partial charge on any atom is -0.310 e. The first kappa shape index (κ1) is 30.0. The molecular weight excluding hydrogens is 617 g/mol. The van der Waals surface area contributed by atoms with Crippen molar-refractivity contribution in [2.75, 3.05) is 4.90 Å². The van der Waals surface area contributed by atoms with Crippen LogP contribution in [0.1, 0.15) is 50.7 Å². The molecule has 0 atom stereocenters. The molecule has 0 fully saturated rings. The van der Waals surface area contributed by atoms with Gasteiger partial charge in [-0.25, -0.2) is 0 Å². The van der Waals surface area contributed by atoms with Gasteiger partial charge in [0.25, 0.3) is 0 Å². The van der Waals surface area contributed by atoms with Gasteiger partial charge in [-0.2, -0.15) is 0 Å². The van der Waals surface area contributed by atoms with E-state index in [1.807, 2.05) is 0 Å². The number of aromatic nitrogens is 1. The minimum absolute atomic E-state index is 0.0865. The fourth-order valence-corrected chi connectivity index (χ4v) is 9.33. The van der Waals surface area contributed by atoms with Crippen LogP contribution in [0.5, 0.6) is 0 Å². The summed E-state index contributed by atoms with van der Waals surface area (Å²) in [7, 11) is 0. The van der Waals surface area contributed by atoms with E-state index in [1.165, 1.54) is 91.9 Å². The zero-order valence-electron chi connectivity index (χ0n) is 29.2. The largest absolute Gasteiger partial charge is 0.310 e. The molecule has 0 N–H and O–H groups in total. The van der Waals surface area contributed by atoms with Gasteiger partial charge in [0.2, 0.25) is 0 Å². The highest BCUT2D eigenvalue weighted by atomic mass is 15.1. The maximum atomic E-state index is 2.44. The summed E-state index contributed by atoms with van der Waals surface area (Å²) in [5, 5.41) is 5.03. The molecule has 2 nitrogen and oxygen atoms in total. The molecule has 7 aromatic carbocycles. The predicted molar refractivity (Wildman–Crippen MR) is 217 cm³/mol. The van der Waals surface area contributed by atoms with Crippen LogP contribution in [0.3, 0.4) is 0 Å². The van der Waals surface area contributed by atoms with Crippen molar-refractivity contribution in [3.05, 3.63) is 174 Å². The van der Waals surface area contributed by atoms with Crippen molar-refractivity contribution >= 4 is 55.2 Å². The van der Waals surface area contributed by atoms with E-state index >= 15 is 0 Å². The fourth-order valence-electron chi connectivity index (χ4n) is 9.33. The Hall–Kier alpha value is -5.86. The van der Waals surface area contributed by atoms with Gasteiger partial charge in [0.15, 0.2) is 0 Å². The fraction of sp³-hybridized carbons (Fsp3) is 0.143. The van der Waals surface area contributed by atoms with E-state index in [-0.39, 0.29) is 5.41 Å². The second-order valence-corrected chi connectivity index (χ2v) is 14.8. The van der Waals surface area contributed by atoms with Crippen molar-refractivity contribution < 1.29 is 0 Å². The molecule has 1 heterocycles. The molecule has 0 saturated carbocycles. The van der Waals surface area contributed by atoms with Gasteiger partial charge in [-0.15, -0.1) is 0 Å². The Kier molecular flexibility index (Phi) is 6.83. The summed E-state index contributed by atoms with van der Waals surface area (Å²) in [4.78, 5) is 2.44. The van der Waals surface area contributed by atoms with Crippen molar-refractivity contribution in [2.45, 2.75) is 44.9 Å². The summed E-state index contributed by atoms with van der Waals surface area (Å²) in [6.45, 7) is 4.88. The maximum Gasteiger partial charge on any atom is 0.0542 e. The number of hydrogen-bond acceptors (Lipinski definition) is 1. The van der Waals surface area contributed by atoms with Gasteiger partial charge in [0, 0.05) is 38.6 Å². The van der Waals surface area contributed by atoms with Crippen LogP contribution in [0.15, 0.2) is 163 Å². The molecule has 0 aliphatic heterocycles. The van der Waals surface area contributed by atoms with E-state index in [4.69, 9.17) is 0 Å². The zero-order valence-corrected chi connectivity index (χ0v) is 29.2. The molecule has 0 radical (unpaired) electrons. The lowest BCUT2D eigenvalue weighted by atomic mass is 9.77. The van der Waals surface area contributed by atoms with E-state index < -0.39 is 0 Å². The van der Waals surface area contributed by atoms with Crippen molar-refractivity contribution in [3.8, 4) is 16.8 Å². The van der Waals surface area contributed by atoms with E-state index in [0.717, 1.165) is 11.4 Å². The lowest BCUT2D eigenvalue weighted by Gasteiger charge is -2.28. The molecule has 0 saturated heterocycles. The van der Waals surface area contributed by atoms with Crippen LogP contribution in [-0.4, -0.2) is 4.57 Å². The molecule has 8 aromatic rings. The van der Waals surface area contributed by atoms with Crippen LogP contribution in [0, 0.1) is 0 Å². The highest BCUT2D eigenvalue weighted by molar-refractivity contribution is 6.12. The van der Waals surface area contributed by atoms with Crippen molar-refractivity contribution in [2.24, 2.45) is 0 Å². The molecule has 51 heavy (non-hydrogen) atoms. The standard InChI is InChI=1S/C49H40N2/c1-49(2)43-25-13-11-23-41(43)48-40(24-15-26-44(48)49)37-29-31-46(38-21-10-9-20-36(37)38)50(33-16-5-3-6-17-33)35-28-30-47-42(32-35)39-22-12-14-27-45(39)51(47)34-18-7-4-8-19-34/h3-10,12,14-22,24,26-32H,11,13,23,25H2,1-2H3. The smallest absolute Gasteiger partial charge is 0.0542 e. The third kappa shape index (κ3) is 4.56. The second-order valence-electron chi connectivity index (χ2n) is 14.8. The molecule has 0 unspecified atom stereocenters. The third-order valence-corrected chi connectivity index (χ3v) is 11.6. The summed E-state index contributed by atoms with van der Waals surface area (Å²) < 4.78 is 2.39. The Morgan fingerprint density at radius 2 is 1.20 bits per heavy atom. The van der Waals surface area contributed by atoms with Gasteiger partial charge < -0.3 is 9.47 Å². The highest BCUT2D eigenvalue weighted by Gasteiger charge is 2.39. The first-order chi connectivity index (χ1) is 25.1. The molecule has 0 spiro atoms. The van der Waals surface area contributed by atoms with Crippen molar-refractivity contribution in [1.82, 2.24) is 4.57 Å². The van der Waals surface area contributed by atoms with Gasteiger partial charge in [-0.3, -0.25) is 0 Å². The molecule has 10 rings (SSSR count). The molecule has 0 amide bonds. The average Bonchev–Trinajstić information content (AvgIpc) is 3.64. The first-order valence-corrected chi connectivity index (χ1v) is 18.4. The van der Waals surface area contributed by atoms with E-state index in [0.29, 0.717) is 0 Å². The van der Waals surface area contributed by atoms with E-state index in [9.17, 15) is 0 Å². The number of benzene rings is 7. The van der Waals surface area contributed by atoms with Crippen LogP contribution < -0.4 is 4.90 Å². The van der Waals surface area contributed by atoms with Crippen LogP contribution >= 0.6 is 0 Å².